The van der Waals surface area contributed by atoms with Crippen LogP contribution in [0, 0.1) is 10.1 Å². The molecule has 2 aromatic carbocycles. The lowest BCUT2D eigenvalue weighted by molar-refractivity contribution is -0.384. The van der Waals surface area contributed by atoms with Gasteiger partial charge in [0.2, 0.25) is 0 Å². The van der Waals surface area contributed by atoms with Crippen molar-refractivity contribution in [2.24, 2.45) is 0 Å². The van der Waals surface area contributed by atoms with Gasteiger partial charge in [0.05, 0.1) is 4.92 Å². The highest BCUT2D eigenvalue weighted by molar-refractivity contribution is 6.02. The maximum Gasteiger partial charge on any atom is 0.292 e. The van der Waals surface area contributed by atoms with E-state index in [0.717, 1.165) is 17.5 Å². The Bertz CT molecular complexity index is 1200. The minimum atomic E-state index is -0.478. The molecule has 30 heavy (non-hydrogen) atoms. The molecule has 0 radical (unpaired) electrons. The molecular weight excluding hydrogens is 382 g/mol. The standard InChI is InChI=1S/C23H17N3O4/c27-23(21-10-9-20(30-21)18-7-4-8-19(15-18)26(28)29)25-22-14-17(11-12-24-22)13-16-5-2-1-3-6-16/h1-12,14-15H,13H2,(H,24,25,27). The van der Waals surface area contributed by atoms with Gasteiger partial charge in [-0.1, -0.05) is 42.5 Å². The summed E-state index contributed by atoms with van der Waals surface area (Å²) in [6.45, 7) is 0. The number of nitro benzene ring substituents is 1. The lowest BCUT2D eigenvalue weighted by Crippen LogP contribution is -2.12. The number of hydrogen-bond donors (Lipinski definition) is 1. The first-order chi connectivity index (χ1) is 14.6. The largest absolute Gasteiger partial charge is 0.451 e. The fourth-order valence-corrected chi connectivity index (χ4v) is 3.05. The van der Waals surface area contributed by atoms with E-state index in [0.29, 0.717) is 17.1 Å². The number of anilines is 1. The van der Waals surface area contributed by atoms with E-state index in [9.17, 15) is 14.9 Å². The van der Waals surface area contributed by atoms with Crippen LogP contribution in [-0.2, 0) is 6.42 Å². The molecule has 1 amide bonds. The number of rotatable bonds is 6. The molecule has 0 fully saturated rings. The normalized spacial score (nSPS) is 10.5. The number of pyridine rings is 1. The van der Waals surface area contributed by atoms with Gasteiger partial charge < -0.3 is 9.73 Å². The van der Waals surface area contributed by atoms with Crippen molar-refractivity contribution in [2.75, 3.05) is 5.32 Å². The van der Waals surface area contributed by atoms with Crippen molar-refractivity contribution in [1.29, 1.82) is 0 Å². The van der Waals surface area contributed by atoms with E-state index in [1.165, 1.54) is 18.2 Å². The van der Waals surface area contributed by atoms with Crippen LogP contribution in [-0.4, -0.2) is 15.8 Å². The van der Waals surface area contributed by atoms with Gasteiger partial charge in [-0.05, 0) is 41.8 Å². The Hall–Kier alpha value is -4.26. The van der Waals surface area contributed by atoms with Gasteiger partial charge in [0.25, 0.3) is 11.6 Å². The van der Waals surface area contributed by atoms with E-state index in [4.69, 9.17) is 4.42 Å². The molecular formula is C23H17N3O4. The number of nitrogens with zero attached hydrogens (tertiary/aromatic N) is 2. The average molecular weight is 399 g/mol. The second-order valence-electron chi connectivity index (χ2n) is 6.64. The van der Waals surface area contributed by atoms with E-state index in [1.807, 2.05) is 42.5 Å². The molecule has 148 valence electrons. The highest BCUT2D eigenvalue weighted by Crippen LogP contribution is 2.26. The molecule has 0 unspecified atom stereocenters. The molecule has 2 aromatic heterocycles. The smallest absolute Gasteiger partial charge is 0.292 e. The van der Waals surface area contributed by atoms with Crippen LogP contribution in [0.2, 0.25) is 0 Å². The Balaban J connectivity index is 1.48. The van der Waals surface area contributed by atoms with Crippen LogP contribution in [0.1, 0.15) is 21.7 Å². The zero-order chi connectivity index (χ0) is 20.9. The quantitative estimate of drug-likeness (QED) is 0.360. The number of amides is 1. The summed E-state index contributed by atoms with van der Waals surface area (Å²) in [7, 11) is 0. The van der Waals surface area contributed by atoms with E-state index in [2.05, 4.69) is 10.3 Å². The summed E-state index contributed by atoms with van der Waals surface area (Å²) in [4.78, 5) is 27.2. The zero-order valence-corrected chi connectivity index (χ0v) is 15.8. The Morgan fingerprint density at radius 3 is 2.60 bits per heavy atom. The zero-order valence-electron chi connectivity index (χ0n) is 15.8. The predicted octanol–water partition coefficient (Wildman–Crippen LogP) is 5.09. The summed E-state index contributed by atoms with van der Waals surface area (Å²) in [5.41, 5.74) is 2.65. The Labute approximate surface area is 172 Å². The van der Waals surface area contributed by atoms with Crippen molar-refractivity contribution in [3.8, 4) is 11.3 Å². The second kappa shape index (κ2) is 8.40. The molecule has 0 saturated heterocycles. The first-order valence-corrected chi connectivity index (χ1v) is 9.23. The molecule has 7 nitrogen and oxygen atoms in total. The molecule has 0 aliphatic rings. The van der Waals surface area contributed by atoms with Crippen molar-refractivity contribution in [1.82, 2.24) is 4.98 Å². The number of furan rings is 1. The van der Waals surface area contributed by atoms with Gasteiger partial charge in [0.1, 0.15) is 11.6 Å². The Morgan fingerprint density at radius 1 is 0.967 bits per heavy atom. The molecule has 2 heterocycles. The number of nitro groups is 1. The molecule has 0 saturated carbocycles. The molecule has 0 aliphatic carbocycles. The third kappa shape index (κ3) is 4.41. The van der Waals surface area contributed by atoms with Crippen LogP contribution < -0.4 is 5.32 Å². The average Bonchev–Trinajstić information content (AvgIpc) is 3.25. The van der Waals surface area contributed by atoms with Gasteiger partial charge in [-0.3, -0.25) is 14.9 Å². The summed E-state index contributed by atoms with van der Waals surface area (Å²) in [6, 6.07) is 22.9. The number of hydrogen-bond acceptors (Lipinski definition) is 5. The monoisotopic (exact) mass is 399 g/mol. The number of aromatic nitrogens is 1. The first-order valence-electron chi connectivity index (χ1n) is 9.23. The third-order valence-corrected chi connectivity index (χ3v) is 4.49. The summed E-state index contributed by atoms with van der Waals surface area (Å²) in [5, 5.41) is 13.7. The fourth-order valence-electron chi connectivity index (χ4n) is 3.05. The summed E-state index contributed by atoms with van der Waals surface area (Å²) < 4.78 is 5.60. The number of carbonyl (C=O) groups is 1. The molecule has 4 aromatic rings. The highest BCUT2D eigenvalue weighted by Gasteiger charge is 2.15. The number of nitrogens with one attached hydrogen (secondary N) is 1. The van der Waals surface area contributed by atoms with Gasteiger partial charge in [-0.2, -0.15) is 0 Å². The van der Waals surface area contributed by atoms with Crippen molar-refractivity contribution >= 4 is 17.4 Å². The fraction of sp³-hybridized carbons (Fsp3) is 0.0435. The van der Waals surface area contributed by atoms with Gasteiger partial charge in [0.15, 0.2) is 5.76 Å². The maximum atomic E-state index is 12.6. The number of benzene rings is 2. The Morgan fingerprint density at radius 2 is 1.80 bits per heavy atom. The molecule has 0 bridgehead atoms. The number of non-ortho nitro benzene ring substituents is 1. The van der Waals surface area contributed by atoms with Crippen molar-refractivity contribution < 1.29 is 14.1 Å². The van der Waals surface area contributed by atoms with Crippen LogP contribution >= 0.6 is 0 Å². The minimum absolute atomic E-state index is 0.0469. The van der Waals surface area contributed by atoms with Crippen molar-refractivity contribution in [3.63, 3.8) is 0 Å². The van der Waals surface area contributed by atoms with E-state index in [1.54, 1.807) is 24.4 Å². The van der Waals surface area contributed by atoms with Crippen LogP contribution in [0.4, 0.5) is 11.5 Å². The van der Waals surface area contributed by atoms with Crippen LogP contribution in [0.25, 0.3) is 11.3 Å². The molecule has 7 heteroatoms. The topological polar surface area (TPSA) is 98.3 Å². The summed E-state index contributed by atoms with van der Waals surface area (Å²) >= 11 is 0. The first kappa shape index (κ1) is 19.1. The van der Waals surface area contributed by atoms with E-state index < -0.39 is 10.8 Å². The Kier molecular flexibility index (Phi) is 5.34. The summed E-state index contributed by atoms with van der Waals surface area (Å²) in [5.74, 6) is 0.430. The van der Waals surface area contributed by atoms with E-state index >= 15 is 0 Å². The molecule has 1 N–H and O–H groups in total. The van der Waals surface area contributed by atoms with Crippen LogP contribution in [0.5, 0.6) is 0 Å². The third-order valence-electron chi connectivity index (χ3n) is 4.49. The maximum absolute atomic E-state index is 12.6. The lowest BCUT2D eigenvalue weighted by atomic mass is 10.1. The van der Waals surface area contributed by atoms with Gasteiger partial charge in [-0.15, -0.1) is 0 Å². The lowest BCUT2D eigenvalue weighted by Gasteiger charge is -2.06. The van der Waals surface area contributed by atoms with Crippen molar-refractivity contribution in [3.05, 3.63) is 112 Å². The minimum Gasteiger partial charge on any atom is -0.451 e. The van der Waals surface area contributed by atoms with Crippen molar-refractivity contribution in [2.45, 2.75) is 6.42 Å². The highest BCUT2D eigenvalue weighted by atomic mass is 16.6. The van der Waals surface area contributed by atoms with Gasteiger partial charge in [-0.25, -0.2) is 4.98 Å². The van der Waals surface area contributed by atoms with Gasteiger partial charge >= 0.3 is 0 Å². The van der Waals surface area contributed by atoms with Crippen LogP contribution in [0.15, 0.2) is 89.5 Å². The number of carbonyl (C=O) groups excluding carboxylic acids is 1. The van der Waals surface area contributed by atoms with E-state index in [-0.39, 0.29) is 11.4 Å². The van der Waals surface area contributed by atoms with Gasteiger partial charge in [0, 0.05) is 23.9 Å². The molecule has 0 aliphatic heterocycles. The molecule has 4 rings (SSSR count). The predicted molar refractivity (Wildman–Crippen MR) is 112 cm³/mol. The molecule has 0 spiro atoms. The SMILES string of the molecule is O=C(Nc1cc(Cc2ccccc2)ccn1)c1ccc(-c2cccc([N+](=O)[O-])c2)o1. The summed E-state index contributed by atoms with van der Waals surface area (Å²) in [6.07, 6.45) is 2.37. The van der Waals surface area contributed by atoms with Crippen LogP contribution in [0.3, 0.4) is 0 Å². The molecule has 0 atom stereocenters. The second-order valence-corrected chi connectivity index (χ2v) is 6.64.